The monoisotopic (exact) mass is 654 g/mol. The van der Waals surface area contributed by atoms with Gasteiger partial charge in [-0.15, -0.1) is 0 Å². The van der Waals surface area contributed by atoms with Crippen LogP contribution in [-0.4, -0.2) is 45.4 Å². The van der Waals surface area contributed by atoms with E-state index >= 15 is 0 Å². The Labute approximate surface area is 284 Å². The Morgan fingerprint density at radius 3 is 2.31 bits per heavy atom. The number of rotatable bonds is 7. The van der Waals surface area contributed by atoms with Gasteiger partial charge in [0.15, 0.2) is 11.4 Å². The van der Waals surface area contributed by atoms with Crippen LogP contribution in [0.1, 0.15) is 103 Å². The first-order chi connectivity index (χ1) is 22.6. The minimum atomic E-state index is -2.55. The van der Waals surface area contributed by atoms with Gasteiger partial charge in [0.2, 0.25) is 11.6 Å². The summed E-state index contributed by atoms with van der Waals surface area (Å²) in [6.45, 7) is 10.7. The lowest BCUT2D eigenvalue weighted by Crippen LogP contribution is -2.70. The zero-order valence-corrected chi connectivity index (χ0v) is 29.5. The number of hydrogen-bond acceptors (Lipinski definition) is 7. The maximum Gasteiger partial charge on any atom is 0.206 e. The normalized spacial score (nSPS) is 29.1. The number of carbonyl (C=O) groups excluding carboxylic acids is 3. The van der Waals surface area contributed by atoms with Gasteiger partial charge in [-0.25, -0.2) is 0 Å². The van der Waals surface area contributed by atoms with Crippen molar-refractivity contribution in [2.75, 3.05) is 7.11 Å². The van der Waals surface area contributed by atoms with Crippen LogP contribution in [0.25, 0.3) is 16.9 Å². The van der Waals surface area contributed by atoms with Crippen LogP contribution < -0.4 is 4.74 Å². The highest BCUT2D eigenvalue weighted by Gasteiger charge is 2.72. The molecule has 256 valence electrons. The van der Waals surface area contributed by atoms with Gasteiger partial charge in [-0.05, 0) is 92.2 Å². The van der Waals surface area contributed by atoms with Crippen LogP contribution in [0.15, 0.2) is 47.1 Å². The van der Waals surface area contributed by atoms with E-state index in [0.29, 0.717) is 16.9 Å². The van der Waals surface area contributed by atoms with Crippen LogP contribution in [0.3, 0.4) is 0 Å². The number of Topliss-reactive ketones (excluding diaryl/α,β-unsaturated/α-hetero) is 3. The molecule has 0 saturated heterocycles. The van der Waals surface area contributed by atoms with Crippen LogP contribution in [0.2, 0.25) is 0 Å². The summed E-state index contributed by atoms with van der Waals surface area (Å²) in [7, 11) is 1.63. The minimum Gasteiger partial charge on any atom is -0.507 e. The molecule has 2 aromatic carbocycles. The largest absolute Gasteiger partial charge is 0.507 e. The van der Waals surface area contributed by atoms with Gasteiger partial charge in [0.25, 0.3) is 0 Å². The lowest BCUT2D eigenvalue weighted by molar-refractivity contribution is -0.180. The molecular weight excluding hydrogens is 604 g/mol. The van der Waals surface area contributed by atoms with E-state index in [4.69, 9.17) is 4.74 Å². The summed E-state index contributed by atoms with van der Waals surface area (Å²) in [5.41, 5.74) is -0.796. The van der Waals surface area contributed by atoms with Crippen molar-refractivity contribution >= 4 is 23.1 Å². The number of benzene rings is 2. The third kappa shape index (κ3) is 4.90. The Balaban J connectivity index is 1.51. The molecular formula is C41H50O7. The standard InChI is InChI=1S/C41H50O7/c1-22(2)34-23(3)32(24(4)42)37(45)41(47)38(46)35-36(44)33-29(20-39(35,5)21-40(34,41)6)27(16-17-30(33)43)28-19-26(15-18-31(28)48-7)14-13-25-11-9-8-10-12-25/h15-19,22,25,34,43-44,47H,8-14,20-21H2,1-7H3/t34-,39+,40+,41-/m1/s1. The van der Waals surface area contributed by atoms with Gasteiger partial charge in [-0.3, -0.25) is 14.4 Å². The number of aliphatic hydroxyl groups is 2. The molecule has 0 unspecified atom stereocenters. The third-order valence-corrected chi connectivity index (χ3v) is 12.3. The average molecular weight is 655 g/mol. The number of fused-ring (bicyclic) bond motifs is 3. The number of ketones is 3. The number of allylic oxidation sites excluding steroid dienone is 1. The Bertz CT molecular complexity index is 1770. The first kappa shape index (κ1) is 34.2. The van der Waals surface area contributed by atoms with E-state index < -0.39 is 45.5 Å². The smallest absolute Gasteiger partial charge is 0.206 e. The minimum absolute atomic E-state index is 0.0751. The van der Waals surface area contributed by atoms with Crippen LogP contribution >= 0.6 is 0 Å². The molecule has 48 heavy (non-hydrogen) atoms. The molecule has 0 radical (unpaired) electrons. The zero-order chi connectivity index (χ0) is 34.9. The molecule has 4 aliphatic carbocycles. The van der Waals surface area contributed by atoms with Crippen molar-refractivity contribution in [2.24, 2.45) is 28.6 Å². The van der Waals surface area contributed by atoms with E-state index in [1.54, 1.807) is 21.0 Å². The second-order valence-corrected chi connectivity index (χ2v) is 15.8. The lowest BCUT2D eigenvalue weighted by atomic mass is 9.42. The van der Waals surface area contributed by atoms with Gasteiger partial charge in [-0.1, -0.05) is 77.5 Å². The number of phenols is 1. The molecule has 0 aromatic heterocycles. The van der Waals surface area contributed by atoms with Crippen LogP contribution in [0.5, 0.6) is 11.5 Å². The summed E-state index contributed by atoms with van der Waals surface area (Å²) in [5.74, 6) is -2.07. The second-order valence-electron chi connectivity index (χ2n) is 15.8. The number of aliphatic hydroxyl groups excluding tert-OH is 1. The van der Waals surface area contributed by atoms with Gasteiger partial charge in [-0.2, -0.15) is 0 Å². The molecule has 0 aliphatic heterocycles. The van der Waals surface area contributed by atoms with Crippen molar-refractivity contribution in [3.05, 3.63) is 63.7 Å². The predicted molar refractivity (Wildman–Crippen MR) is 186 cm³/mol. The third-order valence-electron chi connectivity index (χ3n) is 12.3. The van der Waals surface area contributed by atoms with E-state index in [9.17, 15) is 29.7 Å². The van der Waals surface area contributed by atoms with Gasteiger partial charge in [0, 0.05) is 22.0 Å². The number of hydrogen-bond donors (Lipinski definition) is 3. The van der Waals surface area contributed by atoms with Gasteiger partial charge in [0.1, 0.15) is 17.3 Å². The lowest BCUT2D eigenvalue weighted by Gasteiger charge is -2.60. The second kappa shape index (κ2) is 12.0. The Morgan fingerprint density at radius 1 is 1.00 bits per heavy atom. The highest BCUT2D eigenvalue weighted by atomic mass is 16.5. The first-order valence-corrected chi connectivity index (χ1v) is 17.6. The fourth-order valence-electron chi connectivity index (χ4n) is 10.5. The quantitative estimate of drug-likeness (QED) is 0.205. The summed E-state index contributed by atoms with van der Waals surface area (Å²) in [5, 5.41) is 35.6. The van der Waals surface area contributed by atoms with Crippen molar-refractivity contribution in [3.8, 4) is 22.6 Å². The molecule has 3 N–H and O–H groups in total. The molecule has 2 aromatic rings. The number of phenolic OH excluding ortho intramolecular Hbond substituents is 1. The highest BCUT2D eigenvalue weighted by molar-refractivity contribution is 6.33. The Kier molecular flexibility index (Phi) is 8.55. The molecule has 6 rings (SSSR count). The van der Waals surface area contributed by atoms with Crippen LogP contribution in [0.4, 0.5) is 0 Å². The van der Waals surface area contributed by atoms with Gasteiger partial charge in [0.05, 0.1) is 18.2 Å². The Hall–Kier alpha value is -3.71. The van der Waals surface area contributed by atoms with E-state index in [0.717, 1.165) is 29.9 Å². The van der Waals surface area contributed by atoms with Gasteiger partial charge < -0.3 is 20.1 Å². The van der Waals surface area contributed by atoms with Crippen LogP contribution in [0, 0.1) is 28.6 Å². The number of ether oxygens (including phenoxy) is 1. The van der Waals surface area contributed by atoms with Crippen molar-refractivity contribution in [1.82, 2.24) is 0 Å². The van der Waals surface area contributed by atoms with Crippen LogP contribution in [-0.2, 0) is 27.2 Å². The number of aryl methyl sites for hydroxylation is 1. The first-order valence-electron chi connectivity index (χ1n) is 17.6. The topological polar surface area (TPSA) is 121 Å². The fourth-order valence-corrected chi connectivity index (χ4v) is 10.5. The van der Waals surface area contributed by atoms with Gasteiger partial charge >= 0.3 is 0 Å². The molecule has 7 nitrogen and oxygen atoms in total. The summed E-state index contributed by atoms with van der Waals surface area (Å²) in [4.78, 5) is 41.6. The van der Waals surface area contributed by atoms with E-state index in [2.05, 4.69) is 12.1 Å². The summed E-state index contributed by atoms with van der Waals surface area (Å²) >= 11 is 0. The molecule has 4 aliphatic rings. The van der Waals surface area contributed by atoms with E-state index in [1.807, 2.05) is 32.9 Å². The van der Waals surface area contributed by atoms with E-state index in [-0.39, 0.29) is 41.2 Å². The molecule has 2 saturated carbocycles. The number of aromatic hydroxyl groups is 1. The molecule has 0 amide bonds. The summed E-state index contributed by atoms with van der Waals surface area (Å²) < 4.78 is 5.85. The van der Waals surface area contributed by atoms with Crippen molar-refractivity contribution in [3.63, 3.8) is 0 Å². The number of methoxy groups -OCH3 is 1. The molecule has 7 heteroatoms. The highest BCUT2D eigenvalue weighted by Crippen LogP contribution is 2.65. The number of carbonyl (C=O) groups is 3. The maximum absolute atomic E-state index is 14.7. The SMILES string of the molecule is COc1ccc(CCC2CCCCC2)cc1-c1ccc(O)c2c1C[C@@]1(C)C[C@@]3(C)[C@H](C(C)C)C(C)=C(C(C)=O)C(=O)[C@@]3(O)C(=O)C1=C2O. The molecule has 0 heterocycles. The predicted octanol–water partition coefficient (Wildman–Crippen LogP) is 7.88. The van der Waals surface area contributed by atoms with E-state index in [1.165, 1.54) is 50.7 Å². The summed E-state index contributed by atoms with van der Waals surface area (Å²) in [6, 6.07) is 9.58. The fraction of sp³-hybridized carbons (Fsp3) is 0.537. The van der Waals surface area contributed by atoms with Crippen molar-refractivity contribution in [2.45, 2.75) is 105 Å². The average Bonchev–Trinajstić information content (AvgIpc) is 3.02. The molecule has 4 atom stereocenters. The van der Waals surface area contributed by atoms with Crippen molar-refractivity contribution in [1.29, 1.82) is 0 Å². The molecule has 0 spiro atoms. The molecule has 0 bridgehead atoms. The zero-order valence-electron chi connectivity index (χ0n) is 29.5. The van der Waals surface area contributed by atoms with Crippen molar-refractivity contribution < 1.29 is 34.4 Å². The Morgan fingerprint density at radius 2 is 1.69 bits per heavy atom. The maximum atomic E-state index is 14.7. The molecule has 2 fully saturated rings. The summed E-state index contributed by atoms with van der Waals surface area (Å²) in [6.07, 6.45) is 9.04.